The van der Waals surface area contributed by atoms with Crippen molar-refractivity contribution < 1.29 is 9.59 Å². The van der Waals surface area contributed by atoms with Crippen molar-refractivity contribution >= 4 is 39.1 Å². The fraction of sp³-hybridized carbons (Fsp3) is 0.500. The first-order valence-corrected chi connectivity index (χ1v) is 8.38. The third kappa shape index (κ3) is 4.30. The van der Waals surface area contributed by atoms with Gasteiger partial charge in [-0.3, -0.25) is 9.59 Å². The summed E-state index contributed by atoms with van der Waals surface area (Å²) < 4.78 is 0. The van der Waals surface area contributed by atoms with Crippen molar-refractivity contribution in [2.75, 3.05) is 22.1 Å². The van der Waals surface area contributed by atoms with Gasteiger partial charge in [-0.1, -0.05) is 29.8 Å². The molecule has 1 fully saturated rings. The highest BCUT2D eigenvalue weighted by molar-refractivity contribution is 9.09. The van der Waals surface area contributed by atoms with E-state index in [1.807, 2.05) is 43.0 Å². The zero-order valence-electron chi connectivity index (χ0n) is 12.4. The van der Waals surface area contributed by atoms with E-state index in [0.29, 0.717) is 24.7 Å². The highest BCUT2D eigenvalue weighted by atomic mass is 79.9. The van der Waals surface area contributed by atoms with Crippen molar-refractivity contribution in [1.82, 2.24) is 0 Å². The number of hydrogen-bond acceptors (Lipinski definition) is 2. The fourth-order valence-electron chi connectivity index (χ4n) is 2.44. The van der Waals surface area contributed by atoms with Gasteiger partial charge in [0.1, 0.15) is 0 Å². The summed E-state index contributed by atoms with van der Waals surface area (Å²) >= 11 is 3.44. The number of carbonyl (C=O) groups excluding carboxylic acids is 2. The molecule has 2 amide bonds. The maximum atomic E-state index is 12.0. The number of rotatable bonds is 5. The first-order chi connectivity index (χ1) is 9.99. The number of anilines is 2. The SMILES string of the molecule is CC(C)CC(=O)Nc1ccc(N2CC(CBr)CC2=O)cc1. The van der Waals surface area contributed by atoms with Crippen molar-refractivity contribution in [3.8, 4) is 0 Å². The predicted octanol–water partition coefficient (Wildman–Crippen LogP) is 3.42. The minimum Gasteiger partial charge on any atom is -0.326 e. The summed E-state index contributed by atoms with van der Waals surface area (Å²) in [6.07, 6.45) is 1.11. The molecule has 0 aromatic heterocycles. The lowest BCUT2D eigenvalue weighted by Gasteiger charge is -2.17. The molecule has 21 heavy (non-hydrogen) atoms. The molecule has 2 rings (SSSR count). The van der Waals surface area contributed by atoms with Gasteiger partial charge in [0.05, 0.1) is 0 Å². The molecule has 1 unspecified atom stereocenters. The summed E-state index contributed by atoms with van der Waals surface area (Å²) in [5.74, 6) is 0.904. The second-order valence-electron chi connectivity index (χ2n) is 5.92. The van der Waals surface area contributed by atoms with Gasteiger partial charge in [0, 0.05) is 36.1 Å². The Morgan fingerprint density at radius 2 is 2.05 bits per heavy atom. The topological polar surface area (TPSA) is 49.4 Å². The summed E-state index contributed by atoms with van der Waals surface area (Å²) in [4.78, 5) is 25.5. The van der Waals surface area contributed by atoms with Crippen LogP contribution in [0.2, 0.25) is 0 Å². The summed E-state index contributed by atoms with van der Waals surface area (Å²) in [5.41, 5.74) is 1.67. The first-order valence-electron chi connectivity index (χ1n) is 7.26. The maximum absolute atomic E-state index is 12.0. The van der Waals surface area contributed by atoms with Crippen LogP contribution in [0.25, 0.3) is 0 Å². The fourth-order valence-corrected chi connectivity index (χ4v) is 2.88. The van der Waals surface area contributed by atoms with Crippen LogP contribution in [0.1, 0.15) is 26.7 Å². The Balaban J connectivity index is 1.99. The van der Waals surface area contributed by atoms with E-state index in [1.165, 1.54) is 0 Å². The molecule has 1 atom stereocenters. The number of alkyl halides is 1. The van der Waals surface area contributed by atoms with Gasteiger partial charge in [0.15, 0.2) is 0 Å². The van der Waals surface area contributed by atoms with E-state index in [1.54, 1.807) is 0 Å². The highest BCUT2D eigenvalue weighted by Crippen LogP contribution is 2.27. The molecule has 1 heterocycles. The average molecular weight is 353 g/mol. The van der Waals surface area contributed by atoms with Crippen LogP contribution in [0, 0.1) is 11.8 Å². The molecule has 0 radical (unpaired) electrons. The van der Waals surface area contributed by atoms with Crippen molar-refractivity contribution in [3.63, 3.8) is 0 Å². The Labute approximate surface area is 134 Å². The second kappa shape index (κ2) is 7.07. The zero-order chi connectivity index (χ0) is 15.4. The zero-order valence-corrected chi connectivity index (χ0v) is 14.0. The average Bonchev–Trinajstić information content (AvgIpc) is 2.80. The molecule has 0 aliphatic carbocycles. The largest absolute Gasteiger partial charge is 0.326 e. The molecule has 1 aromatic rings. The lowest BCUT2D eigenvalue weighted by molar-refractivity contribution is -0.117. The highest BCUT2D eigenvalue weighted by Gasteiger charge is 2.29. The molecule has 1 saturated heterocycles. The van der Waals surface area contributed by atoms with Gasteiger partial charge in [-0.05, 0) is 36.1 Å². The molecule has 1 N–H and O–H groups in total. The van der Waals surface area contributed by atoms with Gasteiger partial charge in [-0.15, -0.1) is 0 Å². The van der Waals surface area contributed by atoms with E-state index in [-0.39, 0.29) is 11.8 Å². The Hall–Kier alpha value is -1.36. The predicted molar refractivity (Wildman–Crippen MR) is 88.8 cm³/mol. The normalized spacial score (nSPS) is 18.4. The van der Waals surface area contributed by atoms with E-state index >= 15 is 0 Å². The Bertz CT molecular complexity index is 514. The molecule has 5 heteroatoms. The van der Waals surface area contributed by atoms with Gasteiger partial charge < -0.3 is 10.2 Å². The van der Waals surface area contributed by atoms with Crippen LogP contribution in [0.3, 0.4) is 0 Å². The van der Waals surface area contributed by atoms with Crippen LogP contribution in [-0.4, -0.2) is 23.7 Å². The van der Waals surface area contributed by atoms with Crippen LogP contribution in [-0.2, 0) is 9.59 Å². The Morgan fingerprint density at radius 1 is 1.38 bits per heavy atom. The molecule has 1 aliphatic rings. The van der Waals surface area contributed by atoms with E-state index in [9.17, 15) is 9.59 Å². The first kappa shape index (κ1) is 16.0. The number of amides is 2. The second-order valence-corrected chi connectivity index (χ2v) is 6.57. The van der Waals surface area contributed by atoms with Crippen molar-refractivity contribution in [1.29, 1.82) is 0 Å². The number of nitrogens with one attached hydrogen (secondary N) is 1. The quantitative estimate of drug-likeness (QED) is 0.825. The van der Waals surface area contributed by atoms with Crippen LogP contribution < -0.4 is 10.2 Å². The summed E-state index contributed by atoms with van der Waals surface area (Å²) in [7, 11) is 0. The summed E-state index contributed by atoms with van der Waals surface area (Å²) in [5, 5.41) is 3.72. The lowest BCUT2D eigenvalue weighted by Crippen LogP contribution is -2.24. The van der Waals surface area contributed by atoms with E-state index < -0.39 is 0 Å². The van der Waals surface area contributed by atoms with Gasteiger partial charge in [0.25, 0.3) is 0 Å². The van der Waals surface area contributed by atoms with E-state index in [0.717, 1.165) is 23.2 Å². The number of halogens is 1. The molecule has 0 saturated carbocycles. The summed E-state index contributed by atoms with van der Waals surface area (Å²) in [6, 6.07) is 7.48. The maximum Gasteiger partial charge on any atom is 0.227 e. The Kier molecular flexibility index (Phi) is 5.39. The minimum absolute atomic E-state index is 0.0225. The van der Waals surface area contributed by atoms with Gasteiger partial charge in [-0.25, -0.2) is 0 Å². The van der Waals surface area contributed by atoms with Gasteiger partial charge >= 0.3 is 0 Å². The molecule has 114 valence electrons. The monoisotopic (exact) mass is 352 g/mol. The standard InChI is InChI=1S/C16H21BrN2O2/c1-11(2)7-15(20)18-13-3-5-14(6-4-13)19-10-12(9-17)8-16(19)21/h3-6,11-12H,7-10H2,1-2H3,(H,18,20). The van der Waals surface area contributed by atoms with Crippen LogP contribution in [0.15, 0.2) is 24.3 Å². The van der Waals surface area contributed by atoms with Crippen molar-refractivity contribution in [3.05, 3.63) is 24.3 Å². The van der Waals surface area contributed by atoms with Crippen molar-refractivity contribution in [2.45, 2.75) is 26.7 Å². The van der Waals surface area contributed by atoms with Gasteiger partial charge in [0.2, 0.25) is 11.8 Å². The van der Waals surface area contributed by atoms with E-state index in [4.69, 9.17) is 0 Å². The molecular formula is C16H21BrN2O2. The minimum atomic E-state index is 0.0225. The molecule has 1 aliphatic heterocycles. The Morgan fingerprint density at radius 3 is 2.57 bits per heavy atom. The molecule has 0 spiro atoms. The molecule has 0 bridgehead atoms. The third-order valence-corrected chi connectivity index (χ3v) is 4.40. The number of carbonyl (C=O) groups is 2. The molecular weight excluding hydrogens is 332 g/mol. The number of hydrogen-bond donors (Lipinski definition) is 1. The van der Waals surface area contributed by atoms with Gasteiger partial charge in [-0.2, -0.15) is 0 Å². The third-order valence-electron chi connectivity index (χ3n) is 3.48. The smallest absolute Gasteiger partial charge is 0.227 e. The number of benzene rings is 1. The lowest BCUT2D eigenvalue weighted by atomic mass is 10.1. The number of nitrogens with zero attached hydrogens (tertiary/aromatic N) is 1. The summed E-state index contributed by atoms with van der Waals surface area (Å²) in [6.45, 7) is 4.78. The molecule has 1 aromatic carbocycles. The van der Waals surface area contributed by atoms with Crippen LogP contribution >= 0.6 is 15.9 Å². The van der Waals surface area contributed by atoms with Crippen LogP contribution in [0.5, 0.6) is 0 Å². The van der Waals surface area contributed by atoms with Crippen LogP contribution in [0.4, 0.5) is 11.4 Å². The molecule has 4 nitrogen and oxygen atoms in total. The van der Waals surface area contributed by atoms with Crippen molar-refractivity contribution in [2.24, 2.45) is 11.8 Å². The van der Waals surface area contributed by atoms with E-state index in [2.05, 4.69) is 21.2 Å².